The Morgan fingerprint density at radius 1 is 1.41 bits per heavy atom. The molecule has 1 aromatic rings. The lowest BCUT2D eigenvalue weighted by Gasteiger charge is -2.27. The molecule has 1 aliphatic rings. The van der Waals surface area contributed by atoms with Gasteiger partial charge in [-0.1, -0.05) is 44.2 Å². The minimum Gasteiger partial charge on any atom is -0.445 e. The lowest BCUT2D eigenvalue weighted by atomic mass is 10.0. The van der Waals surface area contributed by atoms with Crippen LogP contribution in [-0.2, 0) is 11.3 Å². The van der Waals surface area contributed by atoms with Crippen molar-refractivity contribution in [3.05, 3.63) is 35.9 Å². The number of benzene rings is 1. The second kappa shape index (κ2) is 7.58. The Bertz CT molecular complexity index is 481. The number of ether oxygens (including phenoxy) is 1. The van der Waals surface area contributed by atoms with Crippen LogP contribution in [0.5, 0.6) is 0 Å². The largest absolute Gasteiger partial charge is 0.445 e. The van der Waals surface area contributed by atoms with E-state index < -0.39 is 18.3 Å². The SMILES string of the molecule is CC(C)CN1CCC(CF)(NC(=O)OCc2ccccc2)C1. The predicted octanol–water partition coefficient (Wildman–Crippen LogP) is 2.98. The maximum absolute atomic E-state index is 13.5. The first-order valence-corrected chi connectivity index (χ1v) is 7.80. The molecular formula is C17H25FN2O2. The van der Waals surface area contributed by atoms with E-state index in [9.17, 15) is 9.18 Å². The molecule has 1 unspecified atom stereocenters. The van der Waals surface area contributed by atoms with E-state index in [0.717, 1.165) is 18.7 Å². The van der Waals surface area contributed by atoms with Crippen molar-refractivity contribution in [1.29, 1.82) is 0 Å². The Labute approximate surface area is 131 Å². The van der Waals surface area contributed by atoms with Crippen LogP contribution in [0.25, 0.3) is 0 Å². The van der Waals surface area contributed by atoms with E-state index in [2.05, 4.69) is 24.1 Å². The van der Waals surface area contributed by atoms with Gasteiger partial charge in [0, 0.05) is 19.6 Å². The van der Waals surface area contributed by atoms with Gasteiger partial charge >= 0.3 is 6.09 Å². The molecule has 1 saturated heterocycles. The number of nitrogens with zero attached hydrogens (tertiary/aromatic N) is 1. The fraction of sp³-hybridized carbons (Fsp3) is 0.588. The van der Waals surface area contributed by atoms with Gasteiger partial charge in [0.05, 0.1) is 5.54 Å². The average molecular weight is 308 g/mol. The molecule has 122 valence electrons. The Hall–Kier alpha value is -1.62. The number of carbonyl (C=O) groups excluding carboxylic acids is 1. The summed E-state index contributed by atoms with van der Waals surface area (Å²) in [7, 11) is 0. The molecule has 1 aliphatic heterocycles. The monoisotopic (exact) mass is 308 g/mol. The molecular weight excluding hydrogens is 283 g/mol. The van der Waals surface area contributed by atoms with Crippen LogP contribution >= 0.6 is 0 Å². The molecule has 0 radical (unpaired) electrons. The summed E-state index contributed by atoms with van der Waals surface area (Å²) in [4.78, 5) is 14.1. The van der Waals surface area contributed by atoms with E-state index in [1.807, 2.05) is 30.3 Å². The molecule has 2 rings (SSSR count). The summed E-state index contributed by atoms with van der Waals surface area (Å²) in [5.74, 6) is 0.528. The zero-order chi connectivity index (χ0) is 16.0. The molecule has 1 N–H and O–H groups in total. The average Bonchev–Trinajstić information content (AvgIpc) is 2.89. The maximum atomic E-state index is 13.5. The molecule has 1 heterocycles. The Morgan fingerprint density at radius 3 is 2.77 bits per heavy atom. The van der Waals surface area contributed by atoms with Gasteiger partial charge in [0.1, 0.15) is 13.3 Å². The molecule has 4 nitrogen and oxygen atoms in total. The molecule has 0 bridgehead atoms. The summed E-state index contributed by atoms with van der Waals surface area (Å²) >= 11 is 0. The molecule has 0 spiro atoms. The highest BCUT2D eigenvalue weighted by atomic mass is 19.1. The summed E-state index contributed by atoms with van der Waals surface area (Å²) in [5, 5.41) is 2.74. The number of likely N-dealkylation sites (tertiary alicyclic amines) is 1. The van der Waals surface area contributed by atoms with Gasteiger partial charge in [-0.3, -0.25) is 0 Å². The number of rotatable bonds is 6. The third-order valence-electron chi connectivity index (χ3n) is 3.89. The van der Waals surface area contributed by atoms with Crippen LogP contribution in [0, 0.1) is 5.92 Å². The van der Waals surface area contributed by atoms with Crippen LogP contribution in [0.3, 0.4) is 0 Å². The topological polar surface area (TPSA) is 41.6 Å². The van der Waals surface area contributed by atoms with E-state index >= 15 is 0 Å². The minimum absolute atomic E-state index is 0.199. The molecule has 1 atom stereocenters. The lowest BCUT2D eigenvalue weighted by Crippen LogP contribution is -2.52. The Morgan fingerprint density at radius 2 is 2.14 bits per heavy atom. The highest BCUT2D eigenvalue weighted by Crippen LogP contribution is 2.23. The molecule has 0 aromatic heterocycles. The van der Waals surface area contributed by atoms with Gasteiger partial charge < -0.3 is 15.0 Å². The van der Waals surface area contributed by atoms with Gasteiger partial charge in [-0.2, -0.15) is 0 Å². The Balaban J connectivity index is 1.83. The van der Waals surface area contributed by atoms with Crippen LogP contribution in [0.15, 0.2) is 30.3 Å². The molecule has 1 amide bonds. The molecule has 0 aliphatic carbocycles. The van der Waals surface area contributed by atoms with E-state index in [1.165, 1.54) is 0 Å². The normalized spacial score (nSPS) is 22.0. The van der Waals surface area contributed by atoms with Crippen molar-refractivity contribution in [2.75, 3.05) is 26.3 Å². The first-order chi connectivity index (χ1) is 10.5. The summed E-state index contributed by atoms with van der Waals surface area (Å²) in [5.41, 5.74) is 0.114. The minimum atomic E-state index is -0.803. The van der Waals surface area contributed by atoms with E-state index in [-0.39, 0.29) is 6.61 Å². The summed E-state index contributed by atoms with van der Waals surface area (Å²) in [6.45, 7) is 6.17. The van der Waals surface area contributed by atoms with Gasteiger partial charge in [0.2, 0.25) is 0 Å². The maximum Gasteiger partial charge on any atom is 0.408 e. The van der Waals surface area contributed by atoms with Gasteiger partial charge in [0.15, 0.2) is 0 Å². The third-order valence-corrected chi connectivity index (χ3v) is 3.89. The summed E-state index contributed by atoms with van der Waals surface area (Å²) < 4.78 is 18.7. The van der Waals surface area contributed by atoms with E-state index in [1.54, 1.807) is 0 Å². The van der Waals surface area contributed by atoms with Crippen molar-refractivity contribution in [2.24, 2.45) is 5.92 Å². The number of halogens is 1. The standard InChI is InChI=1S/C17H25FN2O2/c1-14(2)10-20-9-8-17(12-18,13-20)19-16(21)22-11-15-6-4-3-5-7-15/h3-7,14H,8-13H2,1-2H3,(H,19,21). The van der Waals surface area contributed by atoms with Crippen LogP contribution < -0.4 is 5.32 Å². The second-order valence-electron chi connectivity index (χ2n) is 6.48. The number of alkyl carbamates (subject to hydrolysis) is 1. The van der Waals surface area contributed by atoms with E-state index in [4.69, 9.17) is 4.74 Å². The fourth-order valence-electron chi connectivity index (χ4n) is 2.85. The highest BCUT2D eigenvalue weighted by molar-refractivity contribution is 5.68. The number of amides is 1. The first kappa shape index (κ1) is 16.7. The first-order valence-electron chi connectivity index (χ1n) is 7.80. The van der Waals surface area contributed by atoms with Crippen LogP contribution in [0.2, 0.25) is 0 Å². The molecule has 1 aromatic carbocycles. The number of alkyl halides is 1. The van der Waals surface area contributed by atoms with Crippen molar-refractivity contribution in [3.8, 4) is 0 Å². The van der Waals surface area contributed by atoms with Gasteiger partial charge in [0.25, 0.3) is 0 Å². The van der Waals surface area contributed by atoms with Crippen LogP contribution in [0.4, 0.5) is 9.18 Å². The molecule has 5 heteroatoms. The van der Waals surface area contributed by atoms with Crippen molar-refractivity contribution in [3.63, 3.8) is 0 Å². The number of hydrogen-bond donors (Lipinski definition) is 1. The number of carbonyl (C=O) groups is 1. The van der Waals surface area contributed by atoms with E-state index in [0.29, 0.717) is 18.9 Å². The molecule has 0 saturated carbocycles. The molecule has 1 fully saturated rings. The van der Waals surface area contributed by atoms with Crippen LogP contribution in [0.1, 0.15) is 25.8 Å². The predicted molar refractivity (Wildman–Crippen MR) is 84.4 cm³/mol. The van der Waals surface area contributed by atoms with Crippen molar-refractivity contribution in [2.45, 2.75) is 32.4 Å². The van der Waals surface area contributed by atoms with Crippen LogP contribution in [-0.4, -0.2) is 42.8 Å². The zero-order valence-corrected chi connectivity index (χ0v) is 13.3. The summed E-state index contributed by atoms with van der Waals surface area (Å²) in [6, 6.07) is 9.46. The number of hydrogen-bond acceptors (Lipinski definition) is 3. The van der Waals surface area contributed by atoms with Gasteiger partial charge in [-0.05, 0) is 17.9 Å². The van der Waals surface area contributed by atoms with Gasteiger partial charge in [-0.15, -0.1) is 0 Å². The zero-order valence-electron chi connectivity index (χ0n) is 13.3. The van der Waals surface area contributed by atoms with Crippen molar-refractivity contribution >= 4 is 6.09 Å². The highest BCUT2D eigenvalue weighted by Gasteiger charge is 2.40. The summed E-state index contributed by atoms with van der Waals surface area (Å²) in [6.07, 6.45) is 0.0734. The lowest BCUT2D eigenvalue weighted by molar-refractivity contribution is 0.120. The smallest absolute Gasteiger partial charge is 0.408 e. The fourth-order valence-corrected chi connectivity index (χ4v) is 2.85. The third kappa shape index (κ3) is 4.70. The quantitative estimate of drug-likeness (QED) is 0.878. The van der Waals surface area contributed by atoms with Crippen molar-refractivity contribution in [1.82, 2.24) is 10.2 Å². The molecule has 22 heavy (non-hydrogen) atoms. The Kier molecular flexibility index (Phi) is 5.77. The number of nitrogens with one attached hydrogen (secondary N) is 1. The van der Waals surface area contributed by atoms with Crippen molar-refractivity contribution < 1.29 is 13.9 Å². The van der Waals surface area contributed by atoms with Gasteiger partial charge in [-0.25, -0.2) is 9.18 Å². The second-order valence-corrected chi connectivity index (χ2v) is 6.48.